The van der Waals surface area contributed by atoms with Gasteiger partial charge in [-0.1, -0.05) is 12.1 Å². The number of nitrogens with zero attached hydrogens (tertiary/aromatic N) is 2. The zero-order chi connectivity index (χ0) is 20.2. The predicted molar refractivity (Wildman–Crippen MR) is 99.3 cm³/mol. The number of rotatable bonds is 8. The summed E-state index contributed by atoms with van der Waals surface area (Å²) in [6.07, 6.45) is 0. The summed E-state index contributed by atoms with van der Waals surface area (Å²) in [5.74, 6) is 0. The Morgan fingerprint density at radius 2 is 1.67 bits per heavy atom. The number of nitro benzene ring substituents is 2. The van der Waals surface area contributed by atoms with Crippen LogP contribution in [-0.2, 0) is 10.0 Å². The summed E-state index contributed by atoms with van der Waals surface area (Å²) in [5.41, 5.74) is 0.619. The second-order valence-corrected chi connectivity index (χ2v) is 7.54. The van der Waals surface area contributed by atoms with Crippen molar-refractivity contribution in [3.8, 4) is 0 Å². The van der Waals surface area contributed by atoms with Crippen molar-refractivity contribution in [3.05, 3.63) is 67.8 Å². The minimum absolute atomic E-state index is 0.0240. The highest BCUT2D eigenvalue weighted by molar-refractivity contribution is 7.89. The zero-order valence-corrected chi connectivity index (χ0v) is 15.4. The van der Waals surface area contributed by atoms with E-state index < -0.39 is 31.2 Å². The minimum atomic E-state index is -3.73. The number of non-ortho nitro benzene ring substituents is 1. The van der Waals surface area contributed by atoms with Gasteiger partial charge in [-0.2, -0.15) is 0 Å². The molecule has 0 saturated heterocycles. The van der Waals surface area contributed by atoms with E-state index in [0.29, 0.717) is 5.56 Å². The van der Waals surface area contributed by atoms with Crippen LogP contribution in [0.2, 0.25) is 0 Å². The van der Waals surface area contributed by atoms with Gasteiger partial charge in [0, 0.05) is 19.2 Å². The van der Waals surface area contributed by atoms with Gasteiger partial charge in [-0.3, -0.25) is 20.2 Å². The molecule has 2 aromatic carbocycles. The van der Waals surface area contributed by atoms with E-state index in [2.05, 4.69) is 10.0 Å². The lowest BCUT2D eigenvalue weighted by Crippen LogP contribution is -2.29. The van der Waals surface area contributed by atoms with Crippen LogP contribution in [0.4, 0.5) is 17.1 Å². The lowest BCUT2D eigenvalue weighted by atomic mass is 10.2. The van der Waals surface area contributed by atoms with E-state index in [0.717, 1.165) is 17.7 Å². The van der Waals surface area contributed by atoms with Gasteiger partial charge in [0.25, 0.3) is 11.4 Å². The molecule has 11 heteroatoms. The Morgan fingerprint density at radius 1 is 0.963 bits per heavy atom. The SMILES string of the molecule is Cc1ccc(C)c(S(=O)(=O)NCCNc2ccc([N+](=O)[O-])cc2[N+](=O)[O-])c1. The van der Waals surface area contributed by atoms with Crippen LogP contribution in [0.25, 0.3) is 0 Å². The van der Waals surface area contributed by atoms with Crippen molar-refractivity contribution in [1.29, 1.82) is 0 Å². The number of nitrogens with one attached hydrogen (secondary N) is 2. The zero-order valence-electron chi connectivity index (χ0n) is 14.6. The van der Waals surface area contributed by atoms with Gasteiger partial charge in [0.05, 0.1) is 20.8 Å². The van der Waals surface area contributed by atoms with E-state index in [4.69, 9.17) is 0 Å². The maximum absolute atomic E-state index is 12.4. The normalized spacial score (nSPS) is 11.2. The molecular weight excluding hydrogens is 376 g/mol. The van der Waals surface area contributed by atoms with Gasteiger partial charge in [0.2, 0.25) is 10.0 Å². The minimum Gasteiger partial charge on any atom is -0.378 e. The van der Waals surface area contributed by atoms with Crippen molar-refractivity contribution in [2.45, 2.75) is 18.7 Å². The molecule has 0 fully saturated rings. The van der Waals surface area contributed by atoms with Crippen LogP contribution in [0.3, 0.4) is 0 Å². The molecule has 27 heavy (non-hydrogen) atoms. The number of anilines is 1. The summed E-state index contributed by atoms with van der Waals surface area (Å²) in [6, 6.07) is 8.28. The van der Waals surface area contributed by atoms with Gasteiger partial charge in [-0.05, 0) is 37.1 Å². The molecule has 0 spiro atoms. The van der Waals surface area contributed by atoms with Crippen LogP contribution in [0.5, 0.6) is 0 Å². The third-order valence-electron chi connectivity index (χ3n) is 3.75. The highest BCUT2D eigenvalue weighted by Gasteiger charge is 2.20. The lowest BCUT2D eigenvalue weighted by molar-refractivity contribution is -0.393. The summed E-state index contributed by atoms with van der Waals surface area (Å²) < 4.78 is 27.2. The molecule has 144 valence electrons. The molecule has 2 N–H and O–H groups in total. The standard InChI is InChI=1S/C16H18N4O6S/c1-11-3-4-12(2)16(9-11)27(25,26)18-8-7-17-14-6-5-13(19(21)22)10-15(14)20(23)24/h3-6,9-10,17-18H,7-8H2,1-2H3. The second-order valence-electron chi connectivity index (χ2n) is 5.81. The van der Waals surface area contributed by atoms with Crippen molar-refractivity contribution < 1.29 is 18.3 Å². The average Bonchev–Trinajstić information content (AvgIpc) is 2.60. The Labute approximate surface area is 155 Å². The first-order chi connectivity index (χ1) is 12.6. The fourth-order valence-corrected chi connectivity index (χ4v) is 3.75. The van der Waals surface area contributed by atoms with Crippen molar-refractivity contribution in [2.24, 2.45) is 0 Å². The molecule has 0 heterocycles. The number of hydrogen-bond acceptors (Lipinski definition) is 7. The highest BCUT2D eigenvalue weighted by Crippen LogP contribution is 2.28. The molecule has 2 rings (SSSR count). The van der Waals surface area contributed by atoms with E-state index in [1.54, 1.807) is 26.0 Å². The average molecular weight is 394 g/mol. The van der Waals surface area contributed by atoms with Crippen molar-refractivity contribution in [1.82, 2.24) is 4.72 Å². The van der Waals surface area contributed by atoms with Crippen LogP contribution in [0, 0.1) is 34.1 Å². The molecular formula is C16H18N4O6S. The molecule has 0 aliphatic carbocycles. The van der Waals surface area contributed by atoms with Crippen LogP contribution in [-0.4, -0.2) is 31.4 Å². The van der Waals surface area contributed by atoms with E-state index in [1.807, 2.05) is 6.07 Å². The van der Waals surface area contributed by atoms with E-state index >= 15 is 0 Å². The first kappa shape index (κ1) is 20.3. The largest absolute Gasteiger partial charge is 0.378 e. The maximum Gasteiger partial charge on any atom is 0.299 e. The van der Waals surface area contributed by atoms with Crippen LogP contribution >= 0.6 is 0 Å². The Hall–Kier alpha value is -3.05. The fraction of sp³-hybridized carbons (Fsp3) is 0.250. The lowest BCUT2D eigenvalue weighted by Gasteiger charge is -2.11. The van der Waals surface area contributed by atoms with Gasteiger partial charge in [-0.15, -0.1) is 0 Å². The Morgan fingerprint density at radius 3 is 2.30 bits per heavy atom. The van der Waals surface area contributed by atoms with E-state index in [9.17, 15) is 28.6 Å². The van der Waals surface area contributed by atoms with Gasteiger partial charge in [-0.25, -0.2) is 13.1 Å². The molecule has 0 amide bonds. The smallest absolute Gasteiger partial charge is 0.299 e. The van der Waals surface area contributed by atoms with Gasteiger partial charge >= 0.3 is 0 Å². The molecule has 0 atom stereocenters. The molecule has 0 aromatic heterocycles. The third-order valence-corrected chi connectivity index (χ3v) is 5.36. The number of aryl methyl sites for hydroxylation is 2. The van der Waals surface area contributed by atoms with Crippen molar-refractivity contribution >= 4 is 27.1 Å². The summed E-state index contributed by atoms with van der Waals surface area (Å²) >= 11 is 0. The Bertz CT molecular complexity index is 990. The number of nitro groups is 2. The number of sulfonamides is 1. The predicted octanol–water partition coefficient (Wildman–Crippen LogP) is 2.51. The Kier molecular flexibility index (Phi) is 6.08. The van der Waals surface area contributed by atoms with Crippen molar-refractivity contribution in [2.75, 3.05) is 18.4 Å². The van der Waals surface area contributed by atoms with Crippen LogP contribution < -0.4 is 10.0 Å². The monoisotopic (exact) mass is 394 g/mol. The molecule has 2 aromatic rings. The highest BCUT2D eigenvalue weighted by atomic mass is 32.2. The first-order valence-corrected chi connectivity index (χ1v) is 9.34. The third kappa shape index (κ3) is 4.99. The van der Waals surface area contributed by atoms with Gasteiger partial charge < -0.3 is 5.32 Å². The van der Waals surface area contributed by atoms with E-state index in [-0.39, 0.29) is 23.7 Å². The van der Waals surface area contributed by atoms with Gasteiger partial charge in [0.15, 0.2) is 0 Å². The molecule has 0 saturated carbocycles. The van der Waals surface area contributed by atoms with Gasteiger partial charge in [0.1, 0.15) is 5.69 Å². The first-order valence-electron chi connectivity index (χ1n) is 7.85. The molecule has 0 aliphatic heterocycles. The summed E-state index contributed by atoms with van der Waals surface area (Å²) in [6.45, 7) is 3.51. The summed E-state index contributed by atoms with van der Waals surface area (Å²) in [7, 11) is -3.73. The fourth-order valence-electron chi connectivity index (χ4n) is 2.39. The second kappa shape index (κ2) is 8.10. The van der Waals surface area contributed by atoms with Crippen molar-refractivity contribution in [3.63, 3.8) is 0 Å². The topological polar surface area (TPSA) is 144 Å². The van der Waals surface area contributed by atoms with E-state index in [1.165, 1.54) is 6.07 Å². The molecule has 0 aliphatic rings. The van der Waals surface area contributed by atoms with Crippen LogP contribution in [0.1, 0.15) is 11.1 Å². The molecule has 0 radical (unpaired) electrons. The van der Waals surface area contributed by atoms with Crippen LogP contribution in [0.15, 0.2) is 41.3 Å². The number of benzene rings is 2. The Balaban J connectivity index is 2.05. The molecule has 10 nitrogen and oxygen atoms in total. The quantitative estimate of drug-likeness (QED) is 0.397. The summed E-state index contributed by atoms with van der Waals surface area (Å²) in [4.78, 5) is 20.5. The molecule has 0 bridgehead atoms. The summed E-state index contributed by atoms with van der Waals surface area (Å²) in [5, 5.41) is 24.5. The maximum atomic E-state index is 12.4. The number of hydrogen-bond donors (Lipinski definition) is 2. The molecule has 0 unspecified atom stereocenters.